The third-order valence-electron chi connectivity index (χ3n) is 7.71. The molecule has 4 aliphatic rings. The van der Waals surface area contributed by atoms with Gasteiger partial charge in [0.2, 0.25) is 0 Å². The molecule has 1 aliphatic carbocycles. The monoisotopic (exact) mass is 350 g/mol. The van der Waals surface area contributed by atoms with Crippen LogP contribution in [0.1, 0.15) is 58.3 Å². The first kappa shape index (κ1) is 17.6. The number of hydrogen-bond donors (Lipinski definition) is 1. The van der Waals surface area contributed by atoms with Crippen molar-refractivity contribution in [2.24, 2.45) is 5.41 Å². The van der Waals surface area contributed by atoms with Crippen LogP contribution in [0.3, 0.4) is 0 Å². The van der Waals surface area contributed by atoms with Crippen LogP contribution in [-0.2, 0) is 4.74 Å². The van der Waals surface area contributed by atoms with Crippen LogP contribution in [0.4, 0.5) is 4.79 Å². The molecule has 142 valence electrons. The first-order chi connectivity index (χ1) is 12.2. The van der Waals surface area contributed by atoms with Gasteiger partial charge in [-0.2, -0.15) is 0 Å². The Bertz CT molecular complexity index is 477. The molecule has 0 aromatic carbocycles. The van der Waals surface area contributed by atoms with Crippen molar-refractivity contribution in [2.75, 3.05) is 45.9 Å². The van der Waals surface area contributed by atoms with Gasteiger partial charge in [-0.25, -0.2) is 4.79 Å². The van der Waals surface area contributed by atoms with Gasteiger partial charge in [-0.1, -0.05) is 0 Å². The molecule has 1 saturated carbocycles. The average molecular weight is 351 g/mol. The molecule has 0 aromatic heterocycles. The van der Waals surface area contributed by atoms with Crippen LogP contribution in [0.25, 0.3) is 0 Å². The summed E-state index contributed by atoms with van der Waals surface area (Å²) in [5, 5.41) is 3.56. The van der Waals surface area contributed by atoms with Crippen molar-refractivity contribution < 1.29 is 14.0 Å². The molecule has 5 heteroatoms. The maximum atomic E-state index is 12.1. The topological polar surface area (TPSA) is 41.6 Å². The van der Waals surface area contributed by atoms with E-state index in [-0.39, 0.29) is 6.09 Å². The van der Waals surface area contributed by atoms with E-state index in [4.69, 9.17) is 4.74 Å². The summed E-state index contributed by atoms with van der Waals surface area (Å²) in [7, 11) is 0. The van der Waals surface area contributed by atoms with E-state index in [0.717, 1.165) is 25.2 Å². The van der Waals surface area contributed by atoms with Crippen LogP contribution in [0.15, 0.2) is 0 Å². The van der Waals surface area contributed by atoms with Gasteiger partial charge in [0, 0.05) is 57.3 Å². The Labute approximate surface area is 152 Å². The first-order valence-corrected chi connectivity index (χ1v) is 10.7. The van der Waals surface area contributed by atoms with Gasteiger partial charge in [-0.05, 0) is 32.6 Å². The fourth-order valence-electron chi connectivity index (χ4n) is 6.39. The summed E-state index contributed by atoms with van der Waals surface area (Å²) in [6, 6.07) is 1.73. The number of rotatable bonds is 3. The third kappa shape index (κ3) is 3.18. The summed E-state index contributed by atoms with van der Waals surface area (Å²) < 4.78 is 6.64. The average Bonchev–Trinajstić information content (AvgIpc) is 3.08. The number of piperidine rings is 2. The number of nitrogens with one attached hydrogen (secondary N) is 1. The van der Waals surface area contributed by atoms with E-state index in [1.807, 2.05) is 11.8 Å². The number of likely N-dealkylation sites (tertiary alicyclic amines) is 2. The smallest absolute Gasteiger partial charge is 0.409 e. The molecule has 0 aromatic rings. The van der Waals surface area contributed by atoms with Crippen molar-refractivity contribution in [3.63, 3.8) is 0 Å². The highest BCUT2D eigenvalue weighted by atomic mass is 16.6. The fourth-order valence-corrected chi connectivity index (χ4v) is 6.39. The third-order valence-corrected chi connectivity index (χ3v) is 7.71. The van der Waals surface area contributed by atoms with Gasteiger partial charge in [0.1, 0.15) is 0 Å². The zero-order valence-electron chi connectivity index (χ0n) is 16.0. The number of carbonyl (C=O) groups excluding carboxylic acids is 1. The predicted octanol–water partition coefficient (Wildman–Crippen LogP) is 2.75. The lowest BCUT2D eigenvalue weighted by atomic mass is 9.62. The molecule has 1 N–H and O–H groups in total. The molecule has 4 fully saturated rings. The van der Waals surface area contributed by atoms with Crippen molar-refractivity contribution in [1.82, 2.24) is 10.2 Å². The van der Waals surface area contributed by atoms with Crippen molar-refractivity contribution in [3.8, 4) is 0 Å². The van der Waals surface area contributed by atoms with Crippen LogP contribution < -0.4 is 5.32 Å². The van der Waals surface area contributed by atoms with Gasteiger partial charge in [0.25, 0.3) is 0 Å². The minimum absolute atomic E-state index is 0.0944. The molecule has 0 atom stereocenters. The lowest BCUT2D eigenvalue weighted by Gasteiger charge is -2.60. The Balaban J connectivity index is 1.41. The summed E-state index contributed by atoms with van der Waals surface area (Å²) in [6.45, 7) is 9.46. The van der Waals surface area contributed by atoms with Crippen molar-refractivity contribution in [3.05, 3.63) is 0 Å². The highest BCUT2D eigenvalue weighted by molar-refractivity contribution is 5.68. The van der Waals surface area contributed by atoms with E-state index in [9.17, 15) is 4.79 Å². The van der Waals surface area contributed by atoms with E-state index in [1.54, 1.807) is 0 Å². The number of carbonyl (C=O) groups is 1. The molecular formula is C20H36N3O2+. The van der Waals surface area contributed by atoms with E-state index in [2.05, 4.69) is 5.32 Å². The molecule has 0 unspecified atom stereocenters. The number of amides is 1. The van der Waals surface area contributed by atoms with Crippen LogP contribution in [0.2, 0.25) is 0 Å². The molecule has 1 spiro atoms. The predicted molar refractivity (Wildman–Crippen MR) is 98.4 cm³/mol. The summed E-state index contributed by atoms with van der Waals surface area (Å²) >= 11 is 0. The molecule has 1 amide bonds. The van der Waals surface area contributed by atoms with Crippen molar-refractivity contribution in [2.45, 2.75) is 70.4 Å². The Morgan fingerprint density at radius 2 is 1.88 bits per heavy atom. The van der Waals surface area contributed by atoms with Gasteiger partial charge in [0.05, 0.1) is 31.8 Å². The summed E-state index contributed by atoms with van der Waals surface area (Å²) in [4.78, 5) is 14.0. The number of hydrogen-bond acceptors (Lipinski definition) is 3. The van der Waals surface area contributed by atoms with E-state index in [1.165, 1.54) is 82.0 Å². The molecule has 4 rings (SSSR count). The second-order valence-electron chi connectivity index (χ2n) is 9.02. The van der Waals surface area contributed by atoms with Gasteiger partial charge in [-0.15, -0.1) is 0 Å². The van der Waals surface area contributed by atoms with Crippen molar-refractivity contribution in [1.29, 1.82) is 0 Å². The van der Waals surface area contributed by atoms with Crippen LogP contribution in [0, 0.1) is 5.41 Å². The Kier molecular flexibility index (Phi) is 4.98. The second-order valence-corrected chi connectivity index (χ2v) is 9.02. The largest absolute Gasteiger partial charge is 0.450 e. The zero-order valence-corrected chi connectivity index (χ0v) is 16.0. The molecule has 5 nitrogen and oxygen atoms in total. The fraction of sp³-hybridized carbons (Fsp3) is 0.950. The lowest BCUT2D eigenvalue weighted by Crippen LogP contribution is -2.70. The summed E-state index contributed by atoms with van der Waals surface area (Å²) in [6.07, 6.45) is 10.8. The molecule has 0 bridgehead atoms. The number of quaternary nitrogens is 1. The molecule has 3 heterocycles. The highest BCUT2D eigenvalue weighted by Crippen LogP contribution is 2.54. The molecule has 3 aliphatic heterocycles. The minimum Gasteiger partial charge on any atom is -0.450 e. The number of ether oxygens (including phenoxy) is 1. The molecule has 25 heavy (non-hydrogen) atoms. The lowest BCUT2D eigenvalue weighted by molar-refractivity contribution is -0.985. The van der Waals surface area contributed by atoms with Crippen LogP contribution in [0.5, 0.6) is 0 Å². The van der Waals surface area contributed by atoms with E-state index in [0.29, 0.717) is 12.0 Å². The maximum absolute atomic E-state index is 12.1. The summed E-state index contributed by atoms with van der Waals surface area (Å²) in [5.74, 6) is 0. The zero-order chi connectivity index (χ0) is 17.3. The van der Waals surface area contributed by atoms with E-state index < -0.39 is 0 Å². The minimum atomic E-state index is -0.0944. The van der Waals surface area contributed by atoms with Crippen LogP contribution >= 0.6 is 0 Å². The highest BCUT2D eigenvalue weighted by Gasteiger charge is 2.58. The number of nitrogens with zero attached hydrogens (tertiary/aromatic N) is 2. The Hall–Kier alpha value is -0.810. The standard InChI is InChI=1S/C20H36N3O2/c1-2-25-19(24)22-11-8-20(16-22)14-18(15-20)23(12-4-3-5-13-23)17-6-9-21-10-7-17/h17-18,21H,2-16H2,1H3/q+1. The quantitative estimate of drug-likeness (QED) is 0.796. The van der Waals surface area contributed by atoms with Crippen molar-refractivity contribution >= 4 is 6.09 Å². The SMILES string of the molecule is CCOC(=O)N1CCC2(CC([N+]3(C4CCNCC4)CCCCC3)C2)C1. The summed E-state index contributed by atoms with van der Waals surface area (Å²) in [5.41, 5.74) is 0.410. The van der Waals surface area contributed by atoms with E-state index >= 15 is 0 Å². The molecule has 0 radical (unpaired) electrons. The Morgan fingerprint density at radius 1 is 1.16 bits per heavy atom. The van der Waals surface area contributed by atoms with Gasteiger partial charge >= 0.3 is 6.09 Å². The van der Waals surface area contributed by atoms with Crippen LogP contribution in [-0.4, -0.2) is 73.4 Å². The molecular weight excluding hydrogens is 314 g/mol. The first-order valence-electron chi connectivity index (χ1n) is 10.7. The van der Waals surface area contributed by atoms with Gasteiger partial charge in [0.15, 0.2) is 0 Å². The second kappa shape index (κ2) is 7.07. The Morgan fingerprint density at radius 3 is 2.56 bits per heavy atom. The normalized spacial score (nSPS) is 35.6. The molecule has 3 saturated heterocycles. The van der Waals surface area contributed by atoms with Gasteiger partial charge in [-0.3, -0.25) is 0 Å². The maximum Gasteiger partial charge on any atom is 0.409 e. The van der Waals surface area contributed by atoms with Gasteiger partial charge < -0.3 is 19.4 Å².